The van der Waals surface area contributed by atoms with E-state index in [1.54, 1.807) is 0 Å². The van der Waals surface area contributed by atoms with Gasteiger partial charge < -0.3 is 14.7 Å². The summed E-state index contributed by atoms with van der Waals surface area (Å²) in [5.41, 5.74) is 1.89. The van der Waals surface area contributed by atoms with Crippen LogP contribution in [-0.2, 0) is 14.3 Å². The second kappa shape index (κ2) is 10.6. The number of aliphatic hydroxyl groups is 1. The van der Waals surface area contributed by atoms with Crippen LogP contribution in [0.5, 0.6) is 0 Å². The summed E-state index contributed by atoms with van der Waals surface area (Å²) in [6, 6.07) is 12.1. The maximum atomic E-state index is 13.1. The molecule has 2 aromatic carbocycles. The molecule has 1 aliphatic heterocycles. The number of nitro benzene ring substituents is 1. The highest BCUT2D eigenvalue weighted by Crippen LogP contribution is 2.40. The average Bonchev–Trinajstić information content (AvgIpc) is 3.06. The fourth-order valence-electron chi connectivity index (χ4n) is 3.97. The van der Waals surface area contributed by atoms with E-state index in [2.05, 4.69) is 13.8 Å². The Morgan fingerprint density at radius 1 is 1.06 bits per heavy atom. The molecule has 1 aliphatic rings. The fraction of sp³-hybridized carbons (Fsp3) is 0.385. The van der Waals surface area contributed by atoms with Gasteiger partial charge in [-0.3, -0.25) is 19.7 Å². The Morgan fingerprint density at radius 3 is 2.21 bits per heavy atom. The first-order chi connectivity index (χ1) is 16.1. The SMILES string of the molecule is CC(C)OCCCN1C(=O)C(=O)C(=C(O)c2ccc([N+](=O)[O-])cc2)[C@H]1c1ccc(C(C)C)cc1. The third-order valence-electron chi connectivity index (χ3n) is 5.80. The summed E-state index contributed by atoms with van der Waals surface area (Å²) >= 11 is 0. The molecule has 8 heteroatoms. The number of nitrogens with zero attached hydrogens (tertiary/aromatic N) is 2. The van der Waals surface area contributed by atoms with Crippen LogP contribution in [0.1, 0.15) is 62.8 Å². The molecule has 1 N–H and O–H groups in total. The third kappa shape index (κ3) is 5.34. The second-order valence-electron chi connectivity index (χ2n) is 8.89. The number of likely N-dealkylation sites (tertiary alicyclic amines) is 1. The molecule has 1 atom stereocenters. The lowest BCUT2D eigenvalue weighted by Gasteiger charge is -2.26. The van der Waals surface area contributed by atoms with Crippen LogP contribution >= 0.6 is 0 Å². The van der Waals surface area contributed by atoms with Crippen LogP contribution in [0.25, 0.3) is 5.76 Å². The van der Waals surface area contributed by atoms with Gasteiger partial charge in [-0.1, -0.05) is 38.1 Å². The lowest BCUT2D eigenvalue weighted by atomic mass is 9.93. The molecule has 180 valence electrons. The molecule has 0 unspecified atom stereocenters. The number of carbonyl (C=O) groups is 2. The normalized spacial score (nSPS) is 17.7. The number of hydrogen-bond donors (Lipinski definition) is 1. The predicted molar refractivity (Wildman–Crippen MR) is 128 cm³/mol. The first kappa shape index (κ1) is 25.1. The summed E-state index contributed by atoms with van der Waals surface area (Å²) in [6.45, 7) is 8.71. The molecule has 0 saturated carbocycles. The molecule has 0 radical (unpaired) electrons. The Kier molecular flexibility index (Phi) is 7.83. The van der Waals surface area contributed by atoms with Crippen molar-refractivity contribution in [1.29, 1.82) is 0 Å². The van der Waals surface area contributed by atoms with Gasteiger partial charge in [-0.05, 0) is 49.4 Å². The summed E-state index contributed by atoms with van der Waals surface area (Å²) in [5, 5.41) is 22.0. The summed E-state index contributed by atoms with van der Waals surface area (Å²) in [4.78, 5) is 37.9. The van der Waals surface area contributed by atoms with Crippen LogP contribution in [0.15, 0.2) is 54.1 Å². The molecule has 3 rings (SSSR count). The monoisotopic (exact) mass is 466 g/mol. The number of Topliss-reactive ketones (excluding diaryl/α,β-unsaturated/α-hetero) is 1. The molecule has 1 saturated heterocycles. The van der Waals surface area contributed by atoms with Crippen LogP contribution in [0.4, 0.5) is 5.69 Å². The zero-order chi connectivity index (χ0) is 25.0. The number of ether oxygens (including phenoxy) is 1. The van der Waals surface area contributed by atoms with Crippen LogP contribution < -0.4 is 0 Å². The molecular weight excluding hydrogens is 436 g/mol. The molecule has 0 spiro atoms. The molecule has 34 heavy (non-hydrogen) atoms. The summed E-state index contributed by atoms with van der Waals surface area (Å²) in [6.07, 6.45) is 0.584. The van der Waals surface area contributed by atoms with Gasteiger partial charge in [-0.2, -0.15) is 0 Å². The minimum absolute atomic E-state index is 0.0269. The third-order valence-corrected chi connectivity index (χ3v) is 5.80. The topological polar surface area (TPSA) is 110 Å². The van der Waals surface area contributed by atoms with Crippen molar-refractivity contribution in [3.63, 3.8) is 0 Å². The van der Waals surface area contributed by atoms with Crippen LogP contribution in [0, 0.1) is 10.1 Å². The summed E-state index contributed by atoms with van der Waals surface area (Å²) in [5.74, 6) is -1.51. The van der Waals surface area contributed by atoms with Gasteiger partial charge in [0, 0.05) is 30.8 Å². The number of amides is 1. The zero-order valence-electron chi connectivity index (χ0n) is 19.9. The first-order valence-corrected chi connectivity index (χ1v) is 11.4. The van der Waals surface area contributed by atoms with Gasteiger partial charge in [0.05, 0.1) is 22.6 Å². The lowest BCUT2D eigenvalue weighted by molar-refractivity contribution is -0.384. The Hall–Kier alpha value is -3.52. The Bertz CT molecular complexity index is 1090. The summed E-state index contributed by atoms with van der Waals surface area (Å²) in [7, 11) is 0. The van der Waals surface area contributed by atoms with E-state index < -0.39 is 22.7 Å². The van der Waals surface area contributed by atoms with Crippen molar-refractivity contribution in [2.75, 3.05) is 13.2 Å². The highest BCUT2D eigenvalue weighted by Gasteiger charge is 2.45. The minimum Gasteiger partial charge on any atom is -0.507 e. The van der Waals surface area contributed by atoms with Gasteiger partial charge in [0.2, 0.25) is 0 Å². The number of rotatable bonds is 9. The number of nitro groups is 1. The van der Waals surface area contributed by atoms with E-state index in [9.17, 15) is 24.8 Å². The predicted octanol–water partition coefficient (Wildman–Crippen LogP) is 4.96. The van der Waals surface area contributed by atoms with Crippen molar-refractivity contribution in [3.05, 3.63) is 80.9 Å². The molecule has 0 bridgehead atoms. The van der Waals surface area contributed by atoms with E-state index in [4.69, 9.17) is 4.74 Å². The second-order valence-corrected chi connectivity index (χ2v) is 8.89. The van der Waals surface area contributed by atoms with Crippen molar-refractivity contribution in [3.8, 4) is 0 Å². The molecule has 2 aromatic rings. The minimum atomic E-state index is -0.779. The van der Waals surface area contributed by atoms with Crippen molar-refractivity contribution < 1.29 is 24.4 Å². The number of non-ortho nitro benzene ring substituents is 1. The van der Waals surface area contributed by atoms with Crippen LogP contribution in [0.2, 0.25) is 0 Å². The first-order valence-electron chi connectivity index (χ1n) is 11.4. The van der Waals surface area contributed by atoms with Gasteiger partial charge in [-0.15, -0.1) is 0 Å². The Morgan fingerprint density at radius 2 is 1.68 bits per heavy atom. The maximum Gasteiger partial charge on any atom is 0.295 e. The van der Waals surface area contributed by atoms with Crippen molar-refractivity contribution in [2.24, 2.45) is 0 Å². The van der Waals surface area contributed by atoms with E-state index in [-0.39, 0.29) is 35.2 Å². The molecule has 1 fully saturated rings. The highest BCUT2D eigenvalue weighted by molar-refractivity contribution is 6.46. The number of ketones is 1. The average molecular weight is 467 g/mol. The molecule has 1 heterocycles. The van der Waals surface area contributed by atoms with Gasteiger partial charge in [-0.25, -0.2) is 0 Å². The van der Waals surface area contributed by atoms with Crippen molar-refractivity contribution in [1.82, 2.24) is 4.90 Å². The molecular formula is C26H30N2O6. The number of hydrogen-bond acceptors (Lipinski definition) is 6. The van der Waals surface area contributed by atoms with Gasteiger partial charge in [0.15, 0.2) is 0 Å². The van der Waals surface area contributed by atoms with E-state index in [1.165, 1.54) is 29.2 Å². The van der Waals surface area contributed by atoms with Crippen LogP contribution in [0.3, 0.4) is 0 Å². The summed E-state index contributed by atoms with van der Waals surface area (Å²) < 4.78 is 5.58. The number of benzene rings is 2. The van der Waals surface area contributed by atoms with Gasteiger partial charge in [0.1, 0.15) is 5.76 Å². The quantitative estimate of drug-likeness (QED) is 0.140. The smallest absolute Gasteiger partial charge is 0.295 e. The Balaban J connectivity index is 2.04. The lowest BCUT2D eigenvalue weighted by Crippen LogP contribution is -2.31. The zero-order valence-corrected chi connectivity index (χ0v) is 19.9. The van der Waals surface area contributed by atoms with Gasteiger partial charge in [0.25, 0.3) is 17.4 Å². The van der Waals surface area contributed by atoms with E-state index in [0.717, 1.165) is 5.56 Å². The molecule has 0 aliphatic carbocycles. The highest BCUT2D eigenvalue weighted by atomic mass is 16.6. The number of carbonyl (C=O) groups excluding carboxylic acids is 2. The van der Waals surface area contributed by atoms with E-state index >= 15 is 0 Å². The number of aliphatic hydroxyl groups excluding tert-OH is 1. The maximum absolute atomic E-state index is 13.1. The largest absolute Gasteiger partial charge is 0.507 e. The Labute approximate surface area is 199 Å². The van der Waals surface area contributed by atoms with Crippen LogP contribution in [-0.4, -0.2) is 45.9 Å². The van der Waals surface area contributed by atoms with Crippen molar-refractivity contribution >= 4 is 23.1 Å². The fourth-order valence-corrected chi connectivity index (χ4v) is 3.97. The van der Waals surface area contributed by atoms with Crippen molar-refractivity contribution in [2.45, 2.75) is 52.2 Å². The van der Waals surface area contributed by atoms with Gasteiger partial charge >= 0.3 is 0 Å². The van der Waals surface area contributed by atoms with E-state index in [1.807, 2.05) is 38.1 Å². The standard InChI is InChI=1S/C26H30N2O6/c1-16(2)18-6-8-19(9-7-18)23-22(24(29)20-10-12-21(13-11-20)28(32)33)25(30)26(31)27(23)14-5-15-34-17(3)4/h6-13,16-17,23,29H,5,14-15H2,1-4H3/t23-/m1/s1. The molecule has 8 nitrogen and oxygen atoms in total. The van der Waals surface area contributed by atoms with E-state index in [0.29, 0.717) is 24.5 Å². The molecule has 0 aromatic heterocycles. The molecule has 1 amide bonds.